The Morgan fingerprint density at radius 1 is 1.60 bits per heavy atom. The van der Waals surface area contributed by atoms with E-state index in [0.29, 0.717) is 0 Å². The van der Waals surface area contributed by atoms with E-state index in [1.54, 1.807) is 7.05 Å². The second-order valence-corrected chi connectivity index (χ2v) is 2.57. The lowest BCUT2D eigenvalue weighted by atomic mass is 10.2. The molecule has 3 heteroatoms. The molecule has 58 valence electrons. The van der Waals surface area contributed by atoms with Crippen molar-refractivity contribution in [2.45, 2.75) is 25.8 Å². The SMILES string of the molecule is CCC1CC(F)=C(F)N1C. The van der Waals surface area contributed by atoms with Gasteiger partial charge >= 0.3 is 0 Å². The van der Waals surface area contributed by atoms with Crippen molar-refractivity contribution in [1.82, 2.24) is 4.90 Å². The van der Waals surface area contributed by atoms with E-state index in [1.807, 2.05) is 6.92 Å². The van der Waals surface area contributed by atoms with Crippen LogP contribution in [-0.2, 0) is 0 Å². The lowest BCUT2D eigenvalue weighted by Crippen LogP contribution is -2.23. The van der Waals surface area contributed by atoms with Crippen molar-refractivity contribution in [3.63, 3.8) is 0 Å². The maximum Gasteiger partial charge on any atom is 0.221 e. The Morgan fingerprint density at radius 3 is 2.40 bits per heavy atom. The lowest BCUT2D eigenvalue weighted by molar-refractivity contribution is 0.267. The molecule has 0 amide bonds. The molecule has 1 rings (SSSR count). The first kappa shape index (κ1) is 7.51. The third-order valence-corrected chi connectivity index (χ3v) is 1.97. The first-order valence-corrected chi connectivity index (χ1v) is 3.43. The molecule has 1 heterocycles. The van der Waals surface area contributed by atoms with Crippen LogP contribution < -0.4 is 0 Å². The van der Waals surface area contributed by atoms with Gasteiger partial charge in [0.05, 0.1) is 0 Å². The van der Waals surface area contributed by atoms with Crippen molar-refractivity contribution >= 4 is 0 Å². The summed E-state index contributed by atoms with van der Waals surface area (Å²) < 4.78 is 25.0. The van der Waals surface area contributed by atoms with Gasteiger partial charge < -0.3 is 4.90 Å². The zero-order chi connectivity index (χ0) is 7.72. The van der Waals surface area contributed by atoms with Gasteiger partial charge in [0, 0.05) is 19.5 Å². The zero-order valence-electron chi connectivity index (χ0n) is 6.19. The van der Waals surface area contributed by atoms with E-state index in [0.717, 1.165) is 6.42 Å². The Morgan fingerprint density at radius 2 is 2.20 bits per heavy atom. The highest BCUT2D eigenvalue weighted by atomic mass is 19.2. The van der Waals surface area contributed by atoms with Gasteiger partial charge in [-0.3, -0.25) is 0 Å². The summed E-state index contributed by atoms with van der Waals surface area (Å²) in [4.78, 5) is 1.36. The number of rotatable bonds is 1. The Balaban J connectivity index is 2.67. The van der Waals surface area contributed by atoms with E-state index >= 15 is 0 Å². The molecule has 10 heavy (non-hydrogen) atoms. The predicted molar refractivity (Wildman–Crippen MR) is 35.7 cm³/mol. The molecule has 1 nitrogen and oxygen atoms in total. The fourth-order valence-electron chi connectivity index (χ4n) is 1.20. The Labute approximate surface area is 59.3 Å². The molecule has 0 saturated heterocycles. The van der Waals surface area contributed by atoms with Gasteiger partial charge in [-0.2, -0.15) is 4.39 Å². The molecule has 0 bridgehead atoms. The minimum absolute atomic E-state index is 0.0278. The van der Waals surface area contributed by atoms with Gasteiger partial charge in [-0.1, -0.05) is 6.92 Å². The normalized spacial score (nSPS) is 26.4. The molecular formula is C7H11F2N. The van der Waals surface area contributed by atoms with Crippen LogP contribution in [0, 0.1) is 0 Å². The number of hydrogen-bond donors (Lipinski definition) is 0. The summed E-state index contributed by atoms with van der Waals surface area (Å²) in [7, 11) is 1.58. The topological polar surface area (TPSA) is 3.24 Å². The second kappa shape index (κ2) is 2.56. The van der Waals surface area contributed by atoms with Crippen molar-refractivity contribution in [1.29, 1.82) is 0 Å². The van der Waals surface area contributed by atoms with Crippen LogP contribution in [0.15, 0.2) is 11.8 Å². The van der Waals surface area contributed by atoms with Crippen molar-refractivity contribution in [3.8, 4) is 0 Å². The Hall–Kier alpha value is -0.600. The van der Waals surface area contributed by atoms with Crippen LogP contribution in [0.4, 0.5) is 8.78 Å². The maximum absolute atomic E-state index is 12.6. The first-order valence-electron chi connectivity index (χ1n) is 3.43. The van der Waals surface area contributed by atoms with Gasteiger partial charge in [-0.25, -0.2) is 4.39 Å². The summed E-state index contributed by atoms with van der Waals surface area (Å²) in [5.74, 6) is -1.29. The highest BCUT2D eigenvalue weighted by Crippen LogP contribution is 2.29. The van der Waals surface area contributed by atoms with Crippen LogP contribution >= 0.6 is 0 Å². The predicted octanol–water partition coefficient (Wildman–Crippen LogP) is 2.21. The van der Waals surface area contributed by atoms with Gasteiger partial charge in [0.15, 0.2) is 5.83 Å². The highest BCUT2D eigenvalue weighted by Gasteiger charge is 2.28. The average Bonchev–Trinajstić information content (AvgIpc) is 2.17. The van der Waals surface area contributed by atoms with E-state index in [-0.39, 0.29) is 12.5 Å². The van der Waals surface area contributed by atoms with Crippen LogP contribution in [0.2, 0.25) is 0 Å². The van der Waals surface area contributed by atoms with E-state index < -0.39 is 11.8 Å². The Kier molecular flexibility index (Phi) is 1.92. The smallest absolute Gasteiger partial charge is 0.221 e. The summed E-state index contributed by atoms with van der Waals surface area (Å²) in [6, 6.07) is 0.0278. The first-order chi connectivity index (χ1) is 4.66. The monoisotopic (exact) mass is 147 g/mol. The van der Waals surface area contributed by atoms with Gasteiger partial charge in [0.1, 0.15) is 0 Å². The van der Waals surface area contributed by atoms with Gasteiger partial charge in [0.25, 0.3) is 0 Å². The van der Waals surface area contributed by atoms with E-state index in [4.69, 9.17) is 0 Å². The van der Waals surface area contributed by atoms with Crippen molar-refractivity contribution in [3.05, 3.63) is 11.8 Å². The van der Waals surface area contributed by atoms with Gasteiger partial charge in [0.2, 0.25) is 5.95 Å². The fourth-order valence-corrected chi connectivity index (χ4v) is 1.20. The van der Waals surface area contributed by atoms with E-state index in [1.165, 1.54) is 4.90 Å². The van der Waals surface area contributed by atoms with Crippen LogP contribution in [-0.4, -0.2) is 18.0 Å². The molecule has 1 atom stereocenters. The fraction of sp³-hybridized carbons (Fsp3) is 0.714. The molecular weight excluding hydrogens is 136 g/mol. The third kappa shape index (κ3) is 1.00. The molecule has 1 unspecified atom stereocenters. The second-order valence-electron chi connectivity index (χ2n) is 2.57. The van der Waals surface area contributed by atoms with Gasteiger partial charge in [-0.05, 0) is 6.42 Å². The molecule has 0 aromatic rings. The van der Waals surface area contributed by atoms with E-state index in [9.17, 15) is 8.78 Å². The molecule has 0 aromatic carbocycles. The zero-order valence-corrected chi connectivity index (χ0v) is 6.19. The number of halogens is 2. The minimum atomic E-state index is -0.688. The third-order valence-electron chi connectivity index (χ3n) is 1.97. The summed E-state index contributed by atoms with van der Waals surface area (Å²) in [5, 5.41) is 0. The molecule has 0 aliphatic carbocycles. The van der Waals surface area contributed by atoms with Crippen molar-refractivity contribution < 1.29 is 8.78 Å². The molecule has 0 spiro atoms. The molecule has 0 N–H and O–H groups in total. The van der Waals surface area contributed by atoms with Crippen molar-refractivity contribution in [2.75, 3.05) is 7.05 Å². The quantitative estimate of drug-likeness (QED) is 0.514. The lowest BCUT2D eigenvalue weighted by Gasteiger charge is -2.18. The molecule has 1 aliphatic rings. The average molecular weight is 147 g/mol. The van der Waals surface area contributed by atoms with Crippen LogP contribution in [0.25, 0.3) is 0 Å². The van der Waals surface area contributed by atoms with Crippen molar-refractivity contribution in [2.24, 2.45) is 0 Å². The van der Waals surface area contributed by atoms with Crippen LogP contribution in [0.3, 0.4) is 0 Å². The standard InChI is InChI=1S/C7H11F2N/c1-3-5-4-6(8)7(9)10(5)2/h5H,3-4H2,1-2H3. The summed E-state index contributed by atoms with van der Waals surface area (Å²) in [5.41, 5.74) is 0. The molecule has 0 fully saturated rings. The minimum Gasteiger partial charge on any atom is -0.346 e. The van der Waals surface area contributed by atoms with Gasteiger partial charge in [-0.15, -0.1) is 0 Å². The van der Waals surface area contributed by atoms with E-state index in [2.05, 4.69) is 0 Å². The number of nitrogens with zero attached hydrogens (tertiary/aromatic N) is 1. The summed E-state index contributed by atoms with van der Waals surface area (Å²) in [6.07, 6.45) is 1.02. The van der Waals surface area contributed by atoms with Crippen LogP contribution in [0.5, 0.6) is 0 Å². The maximum atomic E-state index is 12.6. The van der Waals surface area contributed by atoms with Crippen LogP contribution in [0.1, 0.15) is 19.8 Å². The molecule has 0 saturated carbocycles. The molecule has 1 aliphatic heterocycles. The summed E-state index contributed by atoms with van der Waals surface area (Å²) in [6.45, 7) is 1.92. The summed E-state index contributed by atoms with van der Waals surface area (Å²) >= 11 is 0. The number of hydrogen-bond acceptors (Lipinski definition) is 1. The molecule has 0 aromatic heterocycles. The Bertz CT molecular complexity index is 165. The largest absolute Gasteiger partial charge is 0.346 e. The molecule has 0 radical (unpaired) electrons. The highest BCUT2D eigenvalue weighted by molar-refractivity contribution is 5.09.